The molecule has 0 saturated heterocycles. The lowest BCUT2D eigenvalue weighted by Gasteiger charge is -2.18. The van der Waals surface area contributed by atoms with Crippen LogP contribution in [0.3, 0.4) is 0 Å². The zero-order chi connectivity index (χ0) is 14.9. The molecule has 0 aromatic heterocycles. The number of hydrogen-bond acceptors (Lipinski definition) is 3. The topological polar surface area (TPSA) is 84.2 Å². The second-order valence-electron chi connectivity index (χ2n) is 5.62. The van der Waals surface area contributed by atoms with Crippen LogP contribution in [0.15, 0.2) is 18.2 Å². The molecule has 2 amide bonds. The summed E-state index contributed by atoms with van der Waals surface area (Å²) in [4.78, 5) is 23.8. The van der Waals surface area contributed by atoms with E-state index in [1.807, 2.05) is 0 Å². The van der Waals surface area contributed by atoms with Crippen LogP contribution in [0, 0.1) is 0 Å². The summed E-state index contributed by atoms with van der Waals surface area (Å²) in [5.74, 6) is -0.547. The first-order chi connectivity index (χ1) is 9.27. The summed E-state index contributed by atoms with van der Waals surface area (Å²) in [6.45, 7) is 3.22. The van der Waals surface area contributed by atoms with Gasteiger partial charge in [0.2, 0.25) is 5.91 Å². The number of anilines is 1. The average molecular weight is 296 g/mol. The molecular formula is C14H18ClN3O2. The standard InChI is InChI=1S/C14H18ClN3O2/c1-14(2,16)13(20)18-9-5-6-11(15)10(7-9)12(19)17-8-3-4-8/h5-8H,3-4,16H2,1-2H3,(H,17,19)(H,18,20). The first-order valence-electron chi connectivity index (χ1n) is 6.48. The predicted octanol–water partition coefficient (Wildman–Crippen LogP) is 1.91. The van der Waals surface area contributed by atoms with Crippen LogP contribution in [-0.4, -0.2) is 23.4 Å². The number of carbonyl (C=O) groups is 2. The van der Waals surface area contributed by atoms with E-state index in [2.05, 4.69) is 10.6 Å². The zero-order valence-electron chi connectivity index (χ0n) is 11.5. The highest BCUT2D eigenvalue weighted by Crippen LogP contribution is 2.24. The maximum Gasteiger partial charge on any atom is 0.253 e. The number of carbonyl (C=O) groups excluding carboxylic acids is 2. The largest absolute Gasteiger partial charge is 0.349 e. The lowest BCUT2D eigenvalue weighted by molar-refractivity contribution is -0.120. The average Bonchev–Trinajstić information content (AvgIpc) is 3.14. The molecular weight excluding hydrogens is 278 g/mol. The van der Waals surface area contributed by atoms with Crippen molar-refractivity contribution in [3.05, 3.63) is 28.8 Å². The van der Waals surface area contributed by atoms with Crippen LogP contribution in [0.2, 0.25) is 5.02 Å². The Labute approximate surface area is 122 Å². The molecule has 1 aromatic rings. The summed E-state index contributed by atoms with van der Waals surface area (Å²) in [5.41, 5.74) is 5.57. The first kappa shape index (κ1) is 14.8. The minimum Gasteiger partial charge on any atom is -0.349 e. The van der Waals surface area contributed by atoms with Crippen LogP contribution in [0.4, 0.5) is 5.69 Å². The lowest BCUT2D eigenvalue weighted by Crippen LogP contribution is -2.45. The van der Waals surface area contributed by atoms with Gasteiger partial charge in [-0.3, -0.25) is 9.59 Å². The van der Waals surface area contributed by atoms with E-state index < -0.39 is 5.54 Å². The molecule has 5 nitrogen and oxygen atoms in total. The van der Waals surface area contributed by atoms with Crippen LogP contribution in [-0.2, 0) is 4.79 Å². The van der Waals surface area contributed by atoms with Crippen molar-refractivity contribution in [3.63, 3.8) is 0 Å². The van der Waals surface area contributed by atoms with Crippen LogP contribution in [0.25, 0.3) is 0 Å². The van der Waals surface area contributed by atoms with Crippen LogP contribution in [0.5, 0.6) is 0 Å². The van der Waals surface area contributed by atoms with E-state index in [4.69, 9.17) is 17.3 Å². The van der Waals surface area contributed by atoms with Gasteiger partial charge in [0.05, 0.1) is 16.1 Å². The molecule has 1 fully saturated rings. The zero-order valence-corrected chi connectivity index (χ0v) is 12.3. The quantitative estimate of drug-likeness (QED) is 0.793. The fraction of sp³-hybridized carbons (Fsp3) is 0.429. The van der Waals surface area contributed by atoms with Gasteiger partial charge in [-0.15, -0.1) is 0 Å². The molecule has 0 heterocycles. The summed E-state index contributed by atoms with van der Waals surface area (Å²) in [6, 6.07) is 5.03. The molecule has 1 aliphatic rings. The van der Waals surface area contributed by atoms with E-state index in [9.17, 15) is 9.59 Å². The second kappa shape index (κ2) is 5.42. The molecule has 0 unspecified atom stereocenters. The number of nitrogens with one attached hydrogen (secondary N) is 2. The Morgan fingerprint density at radius 3 is 2.55 bits per heavy atom. The molecule has 108 valence electrons. The number of benzene rings is 1. The Balaban J connectivity index is 2.15. The van der Waals surface area contributed by atoms with Crippen molar-refractivity contribution < 1.29 is 9.59 Å². The van der Waals surface area contributed by atoms with Crippen LogP contribution < -0.4 is 16.4 Å². The van der Waals surface area contributed by atoms with Gasteiger partial charge in [-0.2, -0.15) is 0 Å². The molecule has 0 aliphatic heterocycles. The molecule has 1 aromatic carbocycles. The smallest absolute Gasteiger partial charge is 0.253 e. The SMILES string of the molecule is CC(C)(N)C(=O)Nc1ccc(Cl)c(C(=O)NC2CC2)c1. The van der Waals surface area contributed by atoms with Crippen molar-refractivity contribution in [2.24, 2.45) is 5.73 Å². The third-order valence-electron chi connectivity index (χ3n) is 2.97. The predicted molar refractivity (Wildman–Crippen MR) is 78.8 cm³/mol. The Hall–Kier alpha value is -1.59. The molecule has 20 heavy (non-hydrogen) atoms. The minimum atomic E-state index is -0.990. The Bertz CT molecular complexity index is 548. The second-order valence-corrected chi connectivity index (χ2v) is 6.03. The van der Waals surface area contributed by atoms with Crippen molar-refractivity contribution in [2.45, 2.75) is 38.3 Å². The number of nitrogens with two attached hydrogens (primary N) is 1. The molecule has 4 N–H and O–H groups in total. The lowest BCUT2D eigenvalue weighted by atomic mass is 10.1. The fourth-order valence-corrected chi connectivity index (χ4v) is 1.76. The molecule has 0 radical (unpaired) electrons. The molecule has 0 atom stereocenters. The van der Waals surface area contributed by atoms with Crippen molar-refractivity contribution in [1.82, 2.24) is 5.32 Å². The highest BCUT2D eigenvalue weighted by atomic mass is 35.5. The van der Waals surface area contributed by atoms with E-state index in [0.717, 1.165) is 12.8 Å². The summed E-state index contributed by atoms with van der Waals surface area (Å²) >= 11 is 6.02. The van der Waals surface area contributed by atoms with Crippen molar-refractivity contribution >= 4 is 29.1 Å². The molecule has 2 rings (SSSR count). The minimum absolute atomic E-state index is 0.222. The monoisotopic (exact) mass is 295 g/mol. The first-order valence-corrected chi connectivity index (χ1v) is 6.86. The van der Waals surface area contributed by atoms with Crippen molar-refractivity contribution in [3.8, 4) is 0 Å². The third-order valence-corrected chi connectivity index (χ3v) is 3.30. The normalized spacial score (nSPS) is 14.8. The van der Waals surface area contributed by atoms with Gasteiger partial charge < -0.3 is 16.4 Å². The van der Waals surface area contributed by atoms with Gasteiger partial charge in [-0.1, -0.05) is 11.6 Å². The Morgan fingerprint density at radius 2 is 2.00 bits per heavy atom. The molecule has 0 bridgehead atoms. The number of hydrogen-bond donors (Lipinski definition) is 3. The number of amides is 2. The van der Waals surface area contributed by atoms with E-state index in [0.29, 0.717) is 16.3 Å². The van der Waals surface area contributed by atoms with E-state index in [1.54, 1.807) is 32.0 Å². The van der Waals surface area contributed by atoms with Gasteiger partial charge in [0.25, 0.3) is 5.91 Å². The Morgan fingerprint density at radius 1 is 1.35 bits per heavy atom. The van der Waals surface area contributed by atoms with Gasteiger partial charge in [0.15, 0.2) is 0 Å². The number of halogens is 1. The van der Waals surface area contributed by atoms with Crippen molar-refractivity contribution in [1.29, 1.82) is 0 Å². The van der Waals surface area contributed by atoms with Gasteiger partial charge in [0.1, 0.15) is 0 Å². The van der Waals surface area contributed by atoms with Crippen LogP contribution in [0.1, 0.15) is 37.0 Å². The summed E-state index contributed by atoms with van der Waals surface area (Å²) in [6.07, 6.45) is 2.00. The fourth-order valence-electron chi connectivity index (χ4n) is 1.56. The van der Waals surface area contributed by atoms with E-state index in [1.165, 1.54) is 0 Å². The highest BCUT2D eigenvalue weighted by Gasteiger charge is 2.25. The van der Waals surface area contributed by atoms with Gasteiger partial charge in [-0.05, 0) is 44.9 Å². The van der Waals surface area contributed by atoms with Gasteiger partial charge in [-0.25, -0.2) is 0 Å². The highest BCUT2D eigenvalue weighted by molar-refractivity contribution is 6.34. The third kappa shape index (κ3) is 3.71. The summed E-state index contributed by atoms with van der Waals surface area (Å²) in [5, 5.41) is 5.89. The van der Waals surface area contributed by atoms with Crippen LogP contribution >= 0.6 is 11.6 Å². The van der Waals surface area contributed by atoms with Crippen molar-refractivity contribution in [2.75, 3.05) is 5.32 Å². The molecule has 1 saturated carbocycles. The van der Waals surface area contributed by atoms with E-state index in [-0.39, 0.29) is 17.9 Å². The molecule has 1 aliphatic carbocycles. The summed E-state index contributed by atoms with van der Waals surface area (Å²) < 4.78 is 0. The molecule has 0 spiro atoms. The maximum absolute atomic E-state index is 12.0. The number of rotatable bonds is 4. The van der Waals surface area contributed by atoms with E-state index >= 15 is 0 Å². The Kier molecular flexibility index (Phi) is 4.01. The maximum atomic E-state index is 12.0. The summed E-state index contributed by atoms with van der Waals surface area (Å²) in [7, 11) is 0. The molecule has 6 heteroatoms. The van der Waals surface area contributed by atoms with Gasteiger partial charge >= 0.3 is 0 Å². The van der Waals surface area contributed by atoms with Gasteiger partial charge in [0, 0.05) is 11.7 Å².